The molecule has 2 aromatic rings. The van der Waals surface area contributed by atoms with Crippen LogP contribution in [0.4, 0.5) is 16.2 Å². The summed E-state index contributed by atoms with van der Waals surface area (Å²) < 4.78 is 5.40. The van der Waals surface area contributed by atoms with Crippen molar-refractivity contribution >= 4 is 23.4 Å². The fourth-order valence-corrected chi connectivity index (χ4v) is 2.35. The second-order valence-electron chi connectivity index (χ2n) is 4.87. The number of hydrogen-bond donors (Lipinski definition) is 2. The fraction of sp³-hybridized carbons (Fsp3) is 0.125. The molecule has 1 aliphatic heterocycles. The number of carbonyl (C=O) groups is 2. The Hall–Kier alpha value is -3.02. The molecule has 0 unspecified atom stereocenters. The maximum Gasteiger partial charge on any atom is 0.409 e. The van der Waals surface area contributed by atoms with Crippen LogP contribution >= 0.6 is 0 Å². The first-order chi connectivity index (χ1) is 10.6. The smallest absolute Gasteiger partial charge is 0.409 e. The minimum Gasteiger partial charge on any atom is -0.481 e. The van der Waals surface area contributed by atoms with Crippen LogP contribution in [0.1, 0.15) is 5.56 Å². The number of nitrogens with one attached hydrogen (secondary N) is 1. The molecule has 0 saturated heterocycles. The Morgan fingerprint density at radius 1 is 1.23 bits per heavy atom. The van der Waals surface area contributed by atoms with E-state index in [1.807, 2.05) is 30.3 Å². The lowest BCUT2D eigenvalue weighted by molar-refractivity contribution is -0.121. The SMILES string of the molecule is O=C(O)Nc1ccc2c(c1)OCC(=O)N2Cc1ccccc1. The van der Waals surface area contributed by atoms with Gasteiger partial charge in [-0.2, -0.15) is 0 Å². The summed E-state index contributed by atoms with van der Waals surface area (Å²) in [5.74, 6) is 0.358. The van der Waals surface area contributed by atoms with E-state index in [2.05, 4.69) is 5.32 Å². The van der Waals surface area contributed by atoms with Crippen LogP contribution in [0.2, 0.25) is 0 Å². The number of benzene rings is 2. The van der Waals surface area contributed by atoms with Crippen molar-refractivity contribution in [2.45, 2.75) is 6.54 Å². The summed E-state index contributed by atoms with van der Waals surface area (Å²) >= 11 is 0. The van der Waals surface area contributed by atoms with Gasteiger partial charge in [-0.25, -0.2) is 4.79 Å². The Bertz CT molecular complexity index is 715. The van der Waals surface area contributed by atoms with E-state index in [0.717, 1.165) is 5.56 Å². The Morgan fingerprint density at radius 3 is 2.73 bits per heavy atom. The third-order valence-electron chi connectivity index (χ3n) is 3.34. The zero-order valence-electron chi connectivity index (χ0n) is 11.7. The van der Waals surface area contributed by atoms with E-state index in [0.29, 0.717) is 23.7 Å². The highest BCUT2D eigenvalue weighted by Gasteiger charge is 2.25. The van der Waals surface area contributed by atoms with Gasteiger partial charge >= 0.3 is 6.09 Å². The van der Waals surface area contributed by atoms with Crippen molar-refractivity contribution in [2.24, 2.45) is 0 Å². The van der Waals surface area contributed by atoms with Crippen molar-refractivity contribution in [2.75, 3.05) is 16.8 Å². The van der Waals surface area contributed by atoms with Crippen LogP contribution in [0.25, 0.3) is 0 Å². The predicted molar refractivity (Wildman–Crippen MR) is 81.2 cm³/mol. The first-order valence-corrected chi connectivity index (χ1v) is 6.74. The molecule has 2 N–H and O–H groups in total. The van der Waals surface area contributed by atoms with Crippen molar-refractivity contribution in [3.05, 3.63) is 54.1 Å². The van der Waals surface area contributed by atoms with Gasteiger partial charge < -0.3 is 14.7 Å². The van der Waals surface area contributed by atoms with Gasteiger partial charge in [0.2, 0.25) is 0 Å². The molecule has 6 nitrogen and oxygen atoms in total. The maximum absolute atomic E-state index is 12.1. The van der Waals surface area contributed by atoms with Crippen molar-refractivity contribution in [1.29, 1.82) is 0 Å². The highest BCUT2D eigenvalue weighted by atomic mass is 16.5. The number of fused-ring (bicyclic) bond motifs is 1. The first-order valence-electron chi connectivity index (χ1n) is 6.74. The first kappa shape index (κ1) is 13.9. The molecule has 0 fully saturated rings. The van der Waals surface area contributed by atoms with Crippen LogP contribution in [0.5, 0.6) is 5.75 Å². The zero-order chi connectivity index (χ0) is 15.5. The van der Waals surface area contributed by atoms with E-state index in [1.54, 1.807) is 23.1 Å². The number of amides is 2. The van der Waals surface area contributed by atoms with Gasteiger partial charge in [-0.3, -0.25) is 10.1 Å². The monoisotopic (exact) mass is 298 g/mol. The molecule has 0 radical (unpaired) electrons. The summed E-state index contributed by atoms with van der Waals surface area (Å²) in [5.41, 5.74) is 2.05. The van der Waals surface area contributed by atoms with Gasteiger partial charge in [0.05, 0.1) is 12.2 Å². The van der Waals surface area contributed by atoms with Crippen LogP contribution in [0.3, 0.4) is 0 Å². The van der Waals surface area contributed by atoms with E-state index in [9.17, 15) is 9.59 Å². The molecule has 0 saturated carbocycles. The summed E-state index contributed by atoms with van der Waals surface area (Å²) in [5, 5.41) is 11.0. The van der Waals surface area contributed by atoms with E-state index in [-0.39, 0.29) is 12.5 Å². The highest BCUT2D eigenvalue weighted by molar-refractivity contribution is 5.98. The van der Waals surface area contributed by atoms with E-state index in [1.165, 1.54) is 0 Å². The van der Waals surface area contributed by atoms with Gasteiger partial charge in [-0.15, -0.1) is 0 Å². The van der Waals surface area contributed by atoms with Crippen LogP contribution in [0, 0.1) is 0 Å². The maximum atomic E-state index is 12.1. The van der Waals surface area contributed by atoms with Crippen molar-refractivity contribution in [3.8, 4) is 5.75 Å². The summed E-state index contributed by atoms with van der Waals surface area (Å²) in [4.78, 5) is 24.4. The Labute approximate surface area is 126 Å². The minimum atomic E-state index is -1.15. The third kappa shape index (κ3) is 2.85. The van der Waals surface area contributed by atoms with E-state index < -0.39 is 6.09 Å². The largest absolute Gasteiger partial charge is 0.481 e. The van der Waals surface area contributed by atoms with Gasteiger partial charge in [-0.1, -0.05) is 30.3 Å². The molecule has 22 heavy (non-hydrogen) atoms. The van der Waals surface area contributed by atoms with Crippen LogP contribution in [-0.4, -0.2) is 23.7 Å². The van der Waals surface area contributed by atoms with E-state index in [4.69, 9.17) is 9.84 Å². The molecule has 1 heterocycles. The van der Waals surface area contributed by atoms with E-state index >= 15 is 0 Å². The third-order valence-corrected chi connectivity index (χ3v) is 3.34. The highest BCUT2D eigenvalue weighted by Crippen LogP contribution is 2.35. The standard InChI is InChI=1S/C16H14N2O4/c19-15-10-22-14-8-12(17-16(20)21)6-7-13(14)18(15)9-11-4-2-1-3-5-11/h1-8,17H,9-10H2,(H,20,21). The number of ether oxygens (including phenoxy) is 1. The van der Waals surface area contributed by atoms with Gasteiger partial charge in [0, 0.05) is 11.8 Å². The Morgan fingerprint density at radius 2 is 2.00 bits per heavy atom. The lowest BCUT2D eigenvalue weighted by Gasteiger charge is -2.29. The average molecular weight is 298 g/mol. The molecule has 1 aliphatic rings. The normalized spacial score (nSPS) is 13.3. The van der Waals surface area contributed by atoms with Crippen molar-refractivity contribution in [1.82, 2.24) is 0 Å². The molecule has 2 amide bonds. The molecular weight excluding hydrogens is 284 g/mol. The number of carbonyl (C=O) groups excluding carboxylic acids is 1. The average Bonchev–Trinajstić information content (AvgIpc) is 2.50. The van der Waals surface area contributed by atoms with Gasteiger partial charge in [0.25, 0.3) is 5.91 Å². The number of hydrogen-bond acceptors (Lipinski definition) is 3. The molecule has 6 heteroatoms. The second-order valence-corrected chi connectivity index (χ2v) is 4.87. The Balaban J connectivity index is 1.90. The van der Waals surface area contributed by atoms with Gasteiger partial charge in [0.15, 0.2) is 6.61 Å². The van der Waals surface area contributed by atoms with Gasteiger partial charge in [0.1, 0.15) is 5.75 Å². The molecule has 0 bridgehead atoms. The molecular formula is C16H14N2O4. The van der Waals surface area contributed by atoms with Crippen molar-refractivity contribution < 1.29 is 19.4 Å². The quantitative estimate of drug-likeness (QED) is 0.913. The number of anilines is 2. The van der Waals surface area contributed by atoms with Crippen LogP contribution in [-0.2, 0) is 11.3 Å². The molecule has 0 atom stereocenters. The number of rotatable bonds is 3. The molecule has 2 aromatic carbocycles. The van der Waals surface area contributed by atoms with Crippen LogP contribution in [0.15, 0.2) is 48.5 Å². The lowest BCUT2D eigenvalue weighted by Crippen LogP contribution is -2.38. The molecule has 3 rings (SSSR count). The Kier molecular flexibility index (Phi) is 3.65. The molecule has 0 spiro atoms. The van der Waals surface area contributed by atoms with Gasteiger partial charge in [-0.05, 0) is 17.7 Å². The lowest BCUT2D eigenvalue weighted by atomic mass is 10.1. The summed E-state index contributed by atoms with van der Waals surface area (Å²) in [6.45, 7) is 0.387. The minimum absolute atomic E-state index is 0.0592. The second kappa shape index (κ2) is 5.77. The zero-order valence-corrected chi connectivity index (χ0v) is 11.7. The molecule has 112 valence electrons. The summed E-state index contributed by atoms with van der Waals surface area (Å²) in [7, 11) is 0. The molecule has 0 aromatic heterocycles. The van der Waals surface area contributed by atoms with Crippen molar-refractivity contribution in [3.63, 3.8) is 0 Å². The molecule has 0 aliphatic carbocycles. The van der Waals surface area contributed by atoms with Crippen LogP contribution < -0.4 is 15.0 Å². The number of nitrogens with zero attached hydrogens (tertiary/aromatic N) is 1. The summed E-state index contributed by atoms with van der Waals surface area (Å²) in [6.07, 6.45) is -1.15. The number of carboxylic acid groups (broad SMARTS) is 1. The fourth-order valence-electron chi connectivity index (χ4n) is 2.35. The topological polar surface area (TPSA) is 78.9 Å². The summed E-state index contributed by atoms with van der Waals surface area (Å²) in [6, 6.07) is 14.5. The predicted octanol–water partition coefficient (Wildman–Crippen LogP) is 2.70.